The molecule has 0 saturated heterocycles. The molecule has 1 N–H and O–H groups in total. The smallest absolute Gasteiger partial charge is 0.264 e. The Labute approximate surface area is 217 Å². The van der Waals surface area contributed by atoms with E-state index in [1.165, 1.54) is 21.2 Å². The van der Waals surface area contributed by atoms with E-state index < -0.39 is 26.0 Å². The lowest BCUT2D eigenvalue weighted by Crippen LogP contribution is -2.33. The van der Waals surface area contributed by atoms with Crippen molar-refractivity contribution in [3.8, 4) is 0 Å². The van der Waals surface area contributed by atoms with Crippen molar-refractivity contribution in [3.05, 3.63) is 121 Å². The van der Waals surface area contributed by atoms with Crippen LogP contribution in [0.2, 0.25) is 0 Å². The Hall–Kier alpha value is -2.39. The quantitative estimate of drug-likeness (QED) is 0.210. The maximum Gasteiger partial charge on any atom is 0.264 e. The third-order valence-corrected chi connectivity index (χ3v) is 11.7. The van der Waals surface area contributed by atoms with Crippen LogP contribution < -0.4 is 21.2 Å². The van der Waals surface area contributed by atoms with Crippen molar-refractivity contribution in [1.82, 2.24) is 4.90 Å². The van der Waals surface area contributed by atoms with Gasteiger partial charge in [0.05, 0.1) is 5.75 Å². The van der Waals surface area contributed by atoms with Gasteiger partial charge in [-0.1, -0.05) is 121 Å². The zero-order chi connectivity index (χ0) is 25.2. The molecule has 0 amide bonds. The molecule has 0 atom stereocenters. The fourth-order valence-electron chi connectivity index (χ4n) is 4.11. The first-order chi connectivity index (χ1) is 17.5. The minimum Gasteiger partial charge on any atom is -0.294 e. The van der Waals surface area contributed by atoms with Gasteiger partial charge in [-0.05, 0) is 50.0 Å². The van der Waals surface area contributed by atoms with Crippen molar-refractivity contribution in [2.45, 2.75) is 6.42 Å². The summed E-state index contributed by atoms with van der Waals surface area (Å²) in [7, 11) is -5.36. The molecular formula is C29H31NO3P2S. The lowest BCUT2D eigenvalue weighted by Gasteiger charge is -2.32. The van der Waals surface area contributed by atoms with Gasteiger partial charge in [0.2, 0.25) is 0 Å². The molecule has 0 fully saturated rings. The van der Waals surface area contributed by atoms with Gasteiger partial charge in [0, 0.05) is 12.6 Å². The Kier molecular flexibility index (Phi) is 9.81. The SMILES string of the molecule is O=S(=O)(O)CCCN(CP(c1ccccc1)c1ccccc1)CP(c1ccccc1)c1ccccc1. The predicted octanol–water partition coefficient (Wildman–Crippen LogP) is 4.75. The second kappa shape index (κ2) is 13.2. The van der Waals surface area contributed by atoms with Gasteiger partial charge in [-0.3, -0.25) is 9.45 Å². The average Bonchev–Trinajstić information content (AvgIpc) is 2.91. The molecule has 4 aromatic carbocycles. The number of hydrogen-bond acceptors (Lipinski definition) is 3. The van der Waals surface area contributed by atoms with Gasteiger partial charge >= 0.3 is 0 Å². The molecule has 0 radical (unpaired) electrons. The summed E-state index contributed by atoms with van der Waals surface area (Å²) in [5.74, 6) is -0.229. The zero-order valence-electron chi connectivity index (χ0n) is 20.1. The van der Waals surface area contributed by atoms with Crippen molar-refractivity contribution < 1.29 is 13.0 Å². The fraction of sp³-hybridized carbons (Fsp3) is 0.172. The Balaban J connectivity index is 1.67. The van der Waals surface area contributed by atoms with E-state index in [-0.39, 0.29) is 5.75 Å². The minimum absolute atomic E-state index is 0.229. The van der Waals surface area contributed by atoms with Crippen LogP contribution in [0.25, 0.3) is 0 Å². The second-order valence-electron chi connectivity index (χ2n) is 8.52. The number of hydrogen-bond donors (Lipinski definition) is 1. The topological polar surface area (TPSA) is 57.6 Å². The van der Waals surface area contributed by atoms with E-state index in [9.17, 15) is 13.0 Å². The van der Waals surface area contributed by atoms with Crippen LogP contribution in [0.3, 0.4) is 0 Å². The Morgan fingerprint density at radius 1 is 0.556 bits per heavy atom. The van der Waals surface area contributed by atoms with E-state index in [2.05, 4.69) is 102 Å². The molecule has 0 saturated carbocycles. The molecule has 0 aromatic heterocycles. The van der Waals surface area contributed by atoms with Crippen LogP contribution in [-0.4, -0.2) is 42.7 Å². The zero-order valence-corrected chi connectivity index (χ0v) is 22.7. The van der Waals surface area contributed by atoms with Crippen molar-refractivity contribution in [3.63, 3.8) is 0 Å². The van der Waals surface area contributed by atoms with Crippen molar-refractivity contribution in [1.29, 1.82) is 0 Å². The highest BCUT2D eigenvalue weighted by atomic mass is 32.2. The maximum atomic E-state index is 11.5. The van der Waals surface area contributed by atoms with Crippen LogP contribution in [0.15, 0.2) is 121 Å². The van der Waals surface area contributed by atoms with Gasteiger partial charge < -0.3 is 0 Å². The highest BCUT2D eigenvalue weighted by molar-refractivity contribution is 7.85. The summed E-state index contributed by atoms with van der Waals surface area (Å²) < 4.78 is 32.3. The van der Waals surface area contributed by atoms with E-state index in [0.717, 1.165) is 12.6 Å². The molecule has 36 heavy (non-hydrogen) atoms. The molecular weight excluding hydrogens is 504 g/mol. The Morgan fingerprint density at radius 3 is 1.14 bits per heavy atom. The molecule has 4 rings (SSSR count). The first kappa shape index (κ1) is 26.7. The van der Waals surface area contributed by atoms with Crippen LogP contribution in [0.1, 0.15) is 6.42 Å². The molecule has 0 heterocycles. The van der Waals surface area contributed by atoms with Crippen LogP contribution in [0.5, 0.6) is 0 Å². The van der Waals surface area contributed by atoms with Gasteiger partial charge in [0.15, 0.2) is 0 Å². The number of rotatable bonds is 12. The molecule has 4 aromatic rings. The first-order valence-corrected chi connectivity index (χ1v) is 16.6. The minimum atomic E-state index is -4.00. The van der Waals surface area contributed by atoms with Crippen molar-refractivity contribution >= 4 is 47.2 Å². The van der Waals surface area contributed by atoms with Crippen LogP contribution in [0, 0.1) is 0 Å². The summed E-state index contributed by atoms with van der Waals surface area (Å²) in [5, 5.41) is 5.17. The average molecular weight is 536 g/mol. The van der Waals surface area contributed by atoms with Crippen molar-refractivity contribution in [2.24, 2.45) is 0 Å². The molecule has 4 nitrogen and oxygen atoms in total. The van der Waals surface area contributed by atoms with Gasteiger partial charge in [-0.2, -0.15) is 8.42 Å². The second-order valence-corrected chi connectivity index (χ2v) is 14.4. The highest BCUT2D eigenvalue weighted by Gasteiger charge is 2.23. The summed E-state index contributed by atoms with van der Waals surface area (Å²) in [5.41, 5.74) is 0. The van der Waals surface area contributed by atoms with E-state index in [0.29, 0.717) is 13.0 Å². The van der Waals surface area contributed by atoms with Gasteiger partial charge in [0.25, 0.3) is 10.1 Å². The molecule has 0 unspecified atom stereocenters. The number of benzene rings is 4. The van der Waals surface area contributed by atoms with E-state index in [1.54, 1.807) is 0 Å². The Morgan fingerprint density at radius 2 is 0.861 bits per heavy atom. The lowest BCUT2D eigenvalue weighted by atomic mass is 10.4. The largest absolute Gasteiger partial charge is 0.294 e. The summed E-state index contributed by atoms with van der Waals surface area (Å²) >= 11 is 0. The molecule has 0 bridgehead atoms. The molecule has 0 aliphatic rings. The Bertz CT molecular complexity index is 1130. The maximum absolute atomic E-state index is 11.5. The summed E-state index contributed by atoms with van der Waals surface area (Å²) in [6.45, 7) is 0.594. The molecule has 186 valence electrons. The van der Waals surface area contributed by atoms with Gasteiger partial charge in [0.1, 0.15) is 0 Å². The third-order valence-electron chi connectivity index (χ3n) is 5.83. The summed E-state index contributed by atoms with van der Waals surface area (Å²) in [6, 6.07) is 42.3. The predicted molar refractivity (Wildman–Crippen MR) is 156 cm³/mol. The van der Waals surface area contributed by atoms with Crippen LogP contribution >= 0.6 is 15.8 Å². The standard InChI is InChI=1S/C29H31NO3P2S/c31-36(32,33)23-13-22-30(24-34(26-14-5-1-6-15-26)27-16-7-2-8-17-27)25-35(28-18-9-3-10-19-28)29-20-11-4-12-21-29/h1-12,14-21H,13,22-25H2,(H,31,32,33). The van der Waals surface area contributed by atoms with Crippen molar-refractivity contribution in [2.75, 3.05) is 24.9 Å². The highest BCUT2D eigenvalue weighted by Crippen LogP contribution is 2.39. The lowest BCUT2D eigenvalue weighted by molar-refractivity contribution is 0.371. The summed E-state index contributed by atoms with van der Waals surface area (Å²) in [6.07, 6.45) is 2.01. The van der Waals surface area contributed by atoms with Gasteiger partial charge in [-0.25, -0.2) is 0 Å². The molecule has 7 heteroatoms. The van der Waals surface area contributed by atoms with E-state index >= 15 is 0 Å². The fourth-order valence-corrected chi connectivity index (χ4v) is 9.43. The number of nitrogens with zero attached hydrogens (tertiary/aromatic N) is 1. The monoisotopic (exact) mass is 535 g/mol. The first-order valence-electron chi connectivity index (χ1n) is 11.9. The van der Waals surface area contributed by atoms with E-state index in [1.807, 2.05) is 24.3 Å². The summed E-state index contributed by atoms with van der Waals surface area (Å²) in [4.78, 5) is 2.41. The molecule has 0 aliphatic carbocycles. The van der Waals surface area contributed by atoms with Crippen LogP contribution in [-0.2, 0) is 10.1 Å². The van der Waals surface area contributed by atoms with Gasteiger partial charge in [-0.15, -0.1) is 0 Å². The van der Waals surface area contributed by atoms with E-state index in [4.69, 9.17) is 0 Å². The molecule has 0 aliphatic heterocycles. The normalized spacial score (nSPS) is 11.9. The third kappa shape index (κ3) is 8.06. The van der Waals surface area contributed by atoms with Crippen LogP contribution in [0.4, 0.5) is 0 Å². The molecule has 0 spiro atoms.